The smallest absolute Gasteiger partial charge is 0.327 e. The third kappa shape index (κ3) is 2.00. The summed E-state index contributed by atoms with van der Waals surface area (Å²) in [5, 5.41) is 9.97. The Morgan fingerprint density at radius 2 is 2.38 bits per heavy atom. The van der Waals surface area contributed by atoms with Crippen molar-refractivity contribution >= 4 is 41.5 Å². The summed E-state index contributed by atoms with van der Waals surface area (Å²) in [7, 11) is 0. The number of thioether (sulfide) groups is 2. The molecule has 0 bridgehead atoms. The van der Waals surface area contributed by atoms with E-state index in [1.165, 1.54) is 16.7 Å². The van der Waals surface area contributed by atoms with Gasteiger partial charge in [-0.3, -0.25) is 4.79 Å². The van der Waals surface area contributed by atoms with Crippen LogP contribution in [0.3, 0.4) is 0 Å². The van der Waals surface area contributed by atoms with E-state index in [9.17, 15) is 9.59 Å². The van der Waals surface area contributed by atoms with Crippen molar-refractivity contribution in [2.24, 2.45) is 0 Å². The van der Waals surface area contributed by atoms with Crippen LogP contribution in [0.2, 0.25) is 0 Å². The Labute approximate surface area is 129 Å². The van der Waals surface area contributed by atoms with E-state index in [0.717, 1.165) is 29.6 Å². The first-order valence-electron chi connectivity index (χ1n) is 6.74. The van der Waals surface area contributed by atoms with Gasteiger partial charge in [0.2, 0.25) is 0 Å². The summed E-state index contributed by atoms with van der Waals surface area (Å²) in [5.41, 5.74) is 1.46. The molecule has 0 radical (unpaired) electrons. The fourth-order valence-corrected chi connectivity index (χ4v) is 5.18. The molecule has 1 aromatic rings. The third-order valence-electron chi connectivity index (χ3n) is 3.87. The topological polar surface area (TPSA) is 75.4 Å². The molecule has 1 amide bonds. The maximum atomic E-state index is 12.1. The van der Waals surface area contributed by atoms with Gasteiger partial charge in [-0.1, -0.05) is 11.8 Å². The number of carbonyl (C=O) groups excluding carboxylic acids is 1. The van der Waals surface area contributed by atoms with Crippen LogP contribution in [0.1, 0.15) is 12.1 Å². The molecule has 6 nitrogen and oxygen atoms in total. The molecule has 1 unspecified atom stereocenters. The van der Waals surface area contributed by atoms with Crippen molar-refractivity contribution in [2.75, 3.05) is 11.5 Å². The normalized spacial score (nSPS) is 29.2. The summed E-state index contributed by atoms with van der Waals surface area (Å²) < 4.78 is 2.11. The number of carbonyl (C=O) groups is 2. The third-order valence-corrected chi connectivity index (χ3v) is 6.25. The Morgan fingerprint density at radius 3 is 3.14 bits per heavy atom. The number of β-lactam (4-membered cyclic amide) rings is 1. The Hall–Kier alpha value is -1.41. The Morgan fingerprint density at radius 1 is 1.52 bits per heavy atom. The highest BCUT2D eigenvalue weighted by molar-refractivity contribution is 8.00. The zero-order valence-corrected chi connectivity index (χ0v) is 12.7. The lowest BCUT2D eigenvalue weighted by Gasteiger charge is -2.38. The second kappa shape index (κ2) is 4.81. The maximum absolute atomic E-state index is 12.1. The summed E-state index contributed by atoms with van der Waals surface area (Å²) in [4.78, 5) is 29.2. The van der Waals surface area contributed by atoms with Crippen molar-refractivity contribution in [3.63, 3.8) is 0 Å². The highest BCUT2D eigenvalue weighted by atomic mass is 32.2. The molecule has 0 spiro atoms. The molecule has 4 rings (SSSR count). The van der Waals surface area contributed by atoms with E-state index < -0.39 is 12.0 Å². The number of imidazole rings is 1. The van der Waals surface area contributed by atoms with Gasteiger partial charge in [-0.25, -0.2) is 9.78 Å². The van der Waals surface area contributed by atoms with E-state index in [-0.39, 0.29) is 11.3 Å². The van der Waals surface area contributed by atoms with E-state index >= 15 is 0 Å². The van der Waals surface area contributed by atoms with Gasteiger partial charge in [0.15, 0.2) is 5.16 Å². The predicted molar refractivity (Wildman–Crippen MR) is 80.1 cm³/mol. The second-order valence-electron chi connectivity index (χ2n) is 5.20. The number of carboxylic acid groups (broad SMARTS) is 1. The van der Waals surface area contributed by atoms with Crippen LogP contribution in [0.15, 0.2) is 16.9 Å². The minimum atomic E-state index is -0.925. The molecule has 1 aromatic heterocycles. The molecule has 3 aliphatic heterocycles. The quantitative estimate of drug-likeness (QED) is 0.649. The van der Waals surface area contributed by atoms with Gasteiger partial charge < -0.3 is 14.6 Å². The number of carboxylic acids is 1. The highest BCUT2D eigenvalue weighted by Gasteiger charge is 2.53. The number of aliphatic carboxylic acids is 1. The molecule has 3 aliphatic rings. The van der Waals surface area contributed by atoms with E-state index in [1.807, 2.05) is 12.3 Å². The van der Waals surface area contributed by atoms with E-state index in [0.29, 0.717) is 11.3 Å². The molecule has 110 valence electrons. The molecule has 8 heteroatoms. The van der Waals surface area contributed by atoms with Gasteiger partial charge in [-0.05, 0) is 12.5 Å². The van der Waals surface area contributed by atoms with Crippen LogP contribution in [0.4, 0.5) is 0 Å². The zero-order chi connectivity index (χ0) is 14.6. The first-order chi connectivity index (χ1) is 10.1. The summed E-state index contributed by atoms with van der Waals surface area (Å²) in [6.45, 7) is 0.970. The number of aromatic nitrogens is 2. The number of amides is 1. The van der Waals surface area contributed by atoms with E-state index in [4.69, 9.17) is 5.11 Å². The minimum absolute atomic E-state index is 0.120. The Kier molecular flexibility index (Phi) is 3.04. The molecule has 2 saturated heterocycles. The first kappa shape index (κ1) is 13.3. The maximum Gasteiger partial charge on any atom is 0.327 e. The van der Waals surface area contributed by atoms with Crippen LogP contribution in [0.25, 0.3) is 6.08 Å². The largest absolute Gasteiger partial charge is 0.480 e. The molecule has 1 N–H and O–H groups in total. The monoisotopic (exact) mass is 323 g/mol. The zero-order valence-electron chi connectivity index (χ0n) is 11.1. The Bertz CT molecular complexity index is 646. The number of rotatable bonds is 2. The molecule has 21 heavy (non-hydrogen) atoms. The first-order valence-corrected chi connectivity index (χ1v) is 8.77. The fourth-order valence-electron chi connectivity index (χ4n) is 2.83. The number of hydrogen-bond acceptors (Lipinski definition) is 5. The summed E-state index contributed by atoms with van der Waals surface area (Å²) in [6, 6.07) is -0.685. The van der Waals surface area contributed by atoms with Gasteiger partial charge in [-0.2, -0.15) is 0 Å². The van der Waals surface area contributed by atoms with Crippen molar-refractivity contribution in [1.29, 1.82) is 0 Å². The van der Waals surface area contributed by atoms with Crippen molar-refractivity contribution in [3.8, 4) is 0 Å². The van der Waals surface area contributed by atoms with Gasteiger partial charge in [0, 0.05) is 24.2 Å². The average Bonchev–Trinajstić information content (AvgIpc) is 3.05. The number of nitrogens with zero attached hydrogens (tertiary/aromatic N) is 3. The molecule has 2 fully saturated rings. The van der Waals surface area contributed by atoms with Gasteiger partial charge in [0.25, 0.3) is 5.91 Å². The lowest BCUT2D eigenvalue weighted by Crippen LogP contribution is -2.56. The van der Waals surface area contributed by atoms with Crippen LogP contribution in [-0.4, -0.2) is 54.4 Å². The van der Waals surface area contributed by atoms with Crippen molar-refractivity contribution in [1.82, 2.24) is 14.5 Å². The predicted octanol–water partition coefficient (Wildman–Crippen LogP) is 1.13. The molecule has 2 atom stereocenters. The minimum Gasteiger partial charge on any atom is -0.480 e. The second-order valence-corrected chi connectivity index (χ2v) is 7.37. The van der Waals surface area contributed by atoms with Crippen LogP contribution in [0, 0.1) is 0 Å². The number of fused-ring (bicyclic) bond motifs is 2. The molecular weight excluding hydrogens is 310 g/mol. The van der Waals surface area contributed by atoms with Gasteiger partial charge >= 0.3 is 5.97 Å². The average molecular weight is 323 g/mol. The van der Waals surface area contributed by atoms with Crippen LogP contribution in [0.5, 0.6) is 0 Å². The molecule has 0 saturated carbocycles. The molecule has 0 aromatic carbocycles. The number of hydrogen-bond donors (Lipinski definition) is 1. The van der Waals surface area contributed by atoms with Gasteiger partial charge in [0.1, 0.15) is 11.4 Å². The van der Waals surface area contributed by atoms with Crippen LogP contribution < -0.4 is 0 Å². The van der Waals surface area contributed by atoms with Crippen LogP contribution >= 0.6 is 23.5 Å². The van der Waals surface area contributed by atoms with E-state index in [2.05, 4.69) is 9.55 Å². The summed E-state index contributed by atoms with van der Waals surface area (Å²) >= 11 is 3.24. The van der Waals surface area contributed by atoms with Crippen molar-refractivity contribution in [2.45, 2.75) is 29.5 Å². The van der Waals surface area contributed by atoms with Crippen molar-refractivity contribution < 1.29 is 14.7 Å². The molecule has 0 aliphatic carbocycles. The van der Waals surface area contributed by atoms with Crippen LogP contribution in [-0.2, 0) is 16.1 Å². The lowest BCUT2D eigenvalue weighted by molar-refractivity contribution is -0.150. The highest BCUT2D eigenvalue weighted by Crippen LogP contribution is 2.43. The molecular formula is C13H13N3O3S2. The van der Waals surface area contributed by atoms with Gasteiger partial charge in [-0.15, -0.1) is 11.8 Å². The lowest BCUT2D eigenvalue weighted by atomic mass is 10.0. The Balaban J connectivity index is 1.59. The molecule has 4 heterocycles. The fraction of sp³-hybridized carbons (Fsp3) is 0.462. The van der Waals surface area contributed by atoms with Gasteiger partial charge in [0.05, 0.1) is 11.3 Å². The number of aryl methyl sites for hydroxylation is 1. The summed E-state index contributed by atoms with van der Waals surface area (Å²) in [6.07, 6.45) is 4.92. The van der Waals surface area contributed by atoms with E-state index in [1.54, 1.807) is 11.8 Å². The van der Waals surface area contributed by atoms with Crippen molar-refractivity contribution in [3.05, 3.63) is 17.5 Å². The SMILES string of the molecule is O=C(O)C1CS[C@@H]2C(=Cc3cn4c(n3)SCCC4)C(=O)N12. The summed E-state index contributed by atoms with van der Waals surface area (Å²) in [5.74, 6) is 0.444. The standard InChI is InChI=1S/C13H13N3O3S2/c17-10-8(11-16(10)9(6-21-11)12(18)19)4-7-5-15-2-1-3-20-13(15)14-7/h4-5,9,11H,1-3,6H2,(H,18,19)/t9?,11-/m1/s1.